The molecule has 10 nitrogen and oxygen atoms in total. The van der Waals surface area contributed by atoms with Crippen molar-refractivity contribution in [3.63, 3.8) is 0 Å². The predicted molar refractivity (Wildman–Crippen MR) is 159 cm³/mol. The number of amides is 3. The Kier molecular flexibility index (Phi) is 6.73. The van der Waals surface area contributed by atoms with Gasteiger partial charge in [-0.25, -0.2) is 4.79 Å². The number of thioether (sulfide) groups is 1. The number of carboxylic acids is 1. The Balaban J connectivity index is 1.14. The fourth-order valence-corrected chi connectivity index (χ4v) is 10.6. The number of carbonyl (C=O) groups is 4. The summed E-state index contributed by atoms with van der Waals surface area (Å²) in [5.74, 6) is -3.15. The molecular formula is C31H29N3O7S2. The number of ether oxygens (including phenoxy) is 1. The minimum atomic E-state index is -1.21. The van der Waals surface area contributed by atoms with Crippen LogP contribution in [0.3, 0.4) is 0 Å². The molecule has 2 aliphatic carbocycles. The van der Waals surface area contributed by atoms with Gasteiger partial charge in [0.1, 0.15) is 11.8 Å². The van der Waals surface area contributed by atoms with Crippen LogP contribution < -0.4 is 14.9 Å². The van der Waals surface area contributed by atoms with E-state index >= 15 is 0 Å². The number of fused-ring (bicyclic) bond motifs is 9. The first-order valence-electron chi connectivity index (χ1n) is 14.2. The predicted octanol–water partition coefficient (Wildman–Crippen LogP) is 3.71. The van der Waals surface area contributed by atoms with E-state index in [1.807, 2.05) is 43.3 Å². The van der Waals surface area contributed by atoms with Crippen LogP contribution in [0.4, 0.5) is 5.69 Å². The van der Waals surface area contributed by atoms with Crippen LogP contribution in [0.15, 0.2) is 58.4 Å². The van der Waals surface area contributed by atoms with Crippen LogP contribution in [0.1, 0.15) is 35.3 Å². The number of nitrogens with zero attached hydrogens (tertiary/aromatic N) is 1. The summed E-state index contributed by atoms with van der Waals surface area (Å²) in [5.41, 5.74) is 2.64. The number of carboxylic acid groups (broad SMARTS) is 1. The maximum atomic E-state index is 13.5. The van der Waals surface area contributed by atoms with Gasteiger partial charge in [-0.3, -0.25) is 24.1 Å². The number of hydrogen-bond acceptors (Lipinski definition) is 8. The number of thiazole rings is 1. The number of hydrogen-bond donors (Lipinski definition) is 3. The molecule has 3 heterocycles. The van der Waals surface area contributed by atoms with Gasteiger partial charge in [0, 0.05) is 21.7 Å². The smallest absolute Gasteiger partial charge is 0.326 e. The van der Waals surface area contributed by atoms with Crippen LogP contribution in [0.5, 0.6) is 5.75 Å². The van der Waals surface area contributed by atoms with E-state index in [0.717, 1.165) is 38.0 Å². The minimum Gasteiger partial charge on any atom is -0.484 e. The number of likely N-dealkylation sites (tertiary alicyclic amines) is 1. The molecule has 2 aromatic carbocycles. The molecule has 3 fully saturated rings. The molecule has 4 aliphatic rings. The van der Waals surface area contributed by atoms with Crippen LogP contribution in [-0.4, -0.2) is 56.6 Å². The molecule has 0 radical (unpaired) electrons. The lowest BCUT2D eigenvalue weighted by Crippen LogP contribution is -2.44. The highest BCUT2D eigenvalue weighted by atomic mass is 32.2. The van der Waals surface area contributed by atoms with E-state index in [9.17, 15) is 29.1 Å². The number of carbonyl (C=O) groups excluding carboxylic acids is 3. The first-order valence-corrected chi connectivity index (χ1v) is 15.9. The third kappa shape index (κ3) is 4.41. The van der Waals surface area contributed by atoms with Gasteiger partial charge >= 0.3 is 10.8 Å². The molecule has 1 saturated heterocycles. The van der Waals surface area contributed by atoms with E-state index in [1.165, 1.54) is 18.3 Å². The third-order valence-electron chi connectivity index (χ3n) is 9.53. The highest BCUT2D eigenvalue weighted by molar-refractivity contribution is 8.00. The van der Waals surface area contributed by atoms with E-state index in [-0.39, 0.29) is 58.1 Å². The van der Waals surface area contributed by atoms with Gasteiger partial charge < -0.3 is 20.1 Å². The average molecular weight is 620 g/mol. The number of nitrogens with one attached hydrogen (secondary N) is 2. The zero-order valence-corrected chi connectivity index (χ0v) is 24.9. The molecular weight excluding hydrogens is 590 g/mol. The van der Waals surface area contributed by atoms with Gasteiger partial charge in [-0.15, -0.1) is 11.8 Å². The molecule has 1 aromatic heterocycles. The van der Waals surface area contributed by atoms with E-state index < -0.39 is 23.8 Å². The summed E-state index contributed by atoms with van der Waals surface area (Å²) in [6, 6.07) is 13.8. The Morgan fingerprint density at radius 3 is 2.47 bits per heavy atom. The molecule has 12 heteroatoms. The van der Waals surface area contributed by atoms with Gasteiger partial charge in [0.2, 0.25) is 11.8 Å². The van der Waals surface area contributed by atoms with Crippen molar-refractivity contribution in [2.45, 2.75) is 42.5 Å². The Morgan fingerprint density at radius 2 is 1.77 bits per heavy atom. The van der Waals surface area contributed by atoms with E-state index in [2.05, 4.69) is 10.3 Å². The summed E-state index contributed by atoms with van der Waals surface area (Å²) >= 11 is 2.75. The average Bonchev–Trinajstić information content (AvgIpc) is 3.72. The van der Waals surface area contributed by atoms with Gasteiger partial charge in [0.25, 0.3) is 5.91 Å². The summed E-state index contributed by atoms with van der Waals surface area (Å²) in [6.45, 7) is 3.14. The number of anilines is 1. The second kappa shape index (κ2) is 10.4. The molecule has 2 bridgehead atoms. The molecule has 2 aliphatic heterocycles. The number of H-pyrrole nitrogens is 1. The summed E-state index contributed by atoms with van der Waals surface area (Å²) in [6.07, 6.45) is 0.720. The summed E-state index contributed by atoms with van der Waals surface area (Å²) in [7, 11) is 0. The van der Waals surface area contributed by atoms with Crippen molar-refractivity contribution in [1.82, 2.24) is 9.88 Å². The number of aromatic nitrogens is 1. The Hall–Kier alpha value is -3.90. The normalized spacial score (nSPS) is 29.2. The van der Waals surface area contributed by atoms with Gasteiger partial charge in [0.05, 0.1) is 16.9 Å². The fourth-order valence-electron chi connectivity index (χ4n) is 7.72. The number of para-hydroxylation sites is 1. The van der Waals surface area contributed by atoms with Crippen molar-refractivity contribution in [3.05, 3.63) is 74.2 Å². The Bertz CT molecular complexity index is 1720. The quantitative estimate of drug-likeness (QED) is 0.340. The van der Waals surface area contributed by atoms with Gasteiger partial charge in [-0.1, -0.05) is 41.7 Å². The molecule has 3 amide bonds. The van der Waals surface area contributed by atoms with Crippen molar-refractivity contribution in [1.29, 1.82) is 0 Å². The van der Waals surface area contributed by atoms with Crippen LogP contribution in [-0.2, 0) is 19.2 Å². The number of aryl methyl sites for hydroxylation is 1. The Morgan fingerprint density at radius 1 is 1.07 bits per heavy atom. The molecule has 8 atom stereocenters. The maximum absolute atomic E-state index is 13.5. The summed E-state index contributed by atoms with van der Waals surface area (Å²) < 4.78 is 5.76. The lowest BCUT2D eigenvalue weighted by Gasteiger charge is -2.43. The van der Waals surface area contributed by atoms with Crippen molar-refractivity contribution in [3.8, 4) is 5.75 Å². The van der Waals surface area contributed by atoms with Crippen molar-refractivity contribution in [2.75, 3.05) is 11.9 Å². The van der Waals surface area contributed by atoms with Crippen LogP contribution >= 0.6 is 23.1 Å². The van der Waals surface area contributed by atoms with Crippen molar-refractivity contribution >= 4 is 52.5 Å². The number of aromatic amines is 1. The van der Waals surface area contributed by atoms with Crippen molar-refractivity contribution < 1.29 is 29.0 Å². The fraction of sp³-hybridized carbons (Fsp3) is 0.387. The first-order chi connectivity index (χ1) is 20.6. The number of aliphatic carboxylic acids is 1. The highest BCUT2D eigenvalue weighted by Gasteiger charge is 2.70. The second-order valence-corrected chi connectivity index (χ2v) is 13.9. The summed E-state index contributed by atoms with van der Waals surface area (Å²) in [5, 5.41) is 13.2. The highest BCUT2D eigenvalue weighted by Crippen LogP contribution is 2.68. The molecule has 3 N–H and O–H groups in total. The molecule has 222 valence electrons. The summed E-state index contributed by atoms with van der Waals surface area (Å²) in [4.78, 5) is 68.3. The SMILES string of the molecule is Cc1ccccc1NC(=O)COc1ccc([C@H]2c3sc(=O)[nH]c3SC3C4CC(C5C(=O)N(C(C)C(=O)O)C(=O)C45)C32)cc1. The van der Waals surface area contributed by atoms with Gasteiger partial charge in [-0.05, 0) is 67.3 Å². The second-order valence-electron chi connectivity index (χ2n) is 11.7. The first kappa shape index (κ1) is 27.9. The Labute approximate surface area is 254 Å². The zero-order valence-electron chi connectivity index (χ0n) is 23.3. The lowest BCUT2D eigenvalue weighted by molar-refractivity contribution is -0.154. The largest absolute Gasteiger partial charge is 0.484 e. The molecule has 3 aromatic rings. The van der Waals surface area contributed by atoms with E-state index in [1.54, 1.807) is 23.9 Å². The van der Waals surface area contributed by atoms with E-state index in [4.69, 9.17) is 4.74 Å². The molecule has 7 unspecified atom stereocenters. The topological polar surface area (TPSA) is 146 Å². The molecule has 0 spiro atoms. The monoisotopic (exact) mass is 619 g/mol. The van der Waals surface area contributed by atoms with E-state index in [0.29, 0.717) is 5.75 Å². The number of rotatable bonds is 7. The van der Waals surface area contributed by atoms with Crippen LogP contribution in [0, 0.1) is 36.5 Å². The molecule has 43 heavy (non-hydrogen) atoms. The molecule has 7 rings (SSSR count). The number of benzene rings is 2. The standard InChI is InChI=1S/C31H29N3O7S2/c1-13-5-3-4-6-19(13)32-20(35)12-41-16-9-7-15(8-10-16)21-22-17-11-18(25(22)42-27-26(21)43-31(40)33-27)24-23(17)28(36)34(29(24)37)14(2)30(38)39/h3-10,14,17-18,21-25H,11-12H2,1-2H3,(H,32,35)(H,33,40)(H,38,39)/t14?,17?,18?,21-,22?,23?,24?,25?/m1/s1. The lowest BCUT2D eigenvalue weighted by atomic mass is 9.68. The molecule has 2 saturated carbocycles. The van der Waals surface area contributed by atoms with Gasteiger partial charge in [-0.2, -0.15) is 0 Å². The minimum absolute atomic E-state index is 0.00121. The van der Waals surface area contributed by atoms with Crippen LogP contribution in [0.25, 0.3) is 0 Å². The van der Waals surface area contributed by atoms with Gasteiger partial charge in [0.15, 0.2) is 6.61 Å². The van der Waals surface area contributed by atoms with Crippen LogP contribution in [0.2, 0.25) is 0 Å². The third-order valence-corrected chi connectivity index (χ3v) is 12.1. The van der Waals surface area contributed by atoms with Crippen molar-refractivity contribution in [2.24, 2.45) is 29.6 Å². The maximum Gasteiger partial charge on any atom is 0.326 e. The number of imide groups is 1. The zero-order chi connectivity index (χ0) is 30.2.